The maximum atomic E-state index is 11.3. The molecule has 1 heterocycles. The second-order valence-corrected chi connectivity index (χ2v) is 6.05. The summed E-state index contributed by atoms with van der Waals surface area (Å²) in [5.41, 5.74) is 6.42. The number of aromatic nitrogens is 1. The molecule has 0 atom stereocenters. The highest BCUT2D eigenvalue weighted by Gasteiger charge is 2.14. The summed E-state index contributed by atoms with van der Waals surface area (Å²) in [7, 11) is -3.81. The molecular formula is C10H12N4O2S2. The lowest BCUT2D eigenvalue weighted by Gasteiger charge is -2.10. The largest absolute Gasteiger partial charge is 0.396 e. The lowest BCUT2D eigenvalue weighted by molar-refractivity contribution is 0.598. The maximum absolute atomic E-state index is 11.3. The van der Waals surface area contributed by atoms with E-state index in [1.165, 1.54) is 17.4 Å². The number of nitrogens with zero attached hydrogens (tertiary/aromatic N) is 1. The summed E-state index contributed by atoms with van der Waals surface area (Å²) in [6, 6.07) is 4.65. The molecule has 8 heteroatoms. The summed E-state index contributed by atoms with van der Waals surface area (Å²) < 4.78 is 22.6. The SMILES string of the molecule is Nc1c(NCc2nccs2)cccc1S(N)(=O)=O. The molecule has 1 aromatic carbocycles. The van der Waals surface area contributed by atoms with E-state index in [4.69, 9.17) is 10.9 Å². The average Bonchev–Trinajstić information content (AvgIpc) is 2.79. The van der Waals surface area contributed by atoms with Gasteiger partial charge >= 0.3 is 0 Å². The molecule has 0 amide bonds. The van der Waals surface area contributed by atoms with Gasteiger partial charge in [0, 0.05) is 11.6 Å². The van der Waals surface area contributed by atoms with E-state index in [0.29, 0.717) is 12.2 Å². The van der Waals surface area contributed by atoms with E-state index in [0.717, 1.165) is 5.01 Å². The molecule has 2 aromatic rings. The molecule has 6 nitrogen and oxygen atoms in total. The van der Waals surface area contributed by atoms with Gasteiger partial charge in [-0.25, -0.2) is 18.5 Å². The molecule has 0 saturated carbocycles. The Labute approximate surface area is 109 Å². The Balaban J connectivity index is 2.24. The first kappa shape index (κ1) is 12.8. The van der Waals surface area contributed by atoms with Crippen molar-refractivity contribution in [3.05, 3.63) is 34.8 Å². The van der Waals surface area contributed by atoms with Crippen LogP contribution in [-0.4, -0.2) is 13.4 Å². The minimum Gasteiger partial charge on any atom is -0.396 e. The number of rotatable bonds is 4. The Morgan fingerprint density at radius 2 is 2.17 bits per heavy atom. The van der Waals surface area contributed by atoms with Crippen LogP contribution in [0.2, 0.25) is 0 Å². The van der Waals surface area contributed by atoms with Gasteiger partial charge < -0.3 is 11.1 Å². The van der Waals surface area contributed by atoms with Crippen molar-refractivity contribution in [2.24, 2.45) is 5.14 Å². The van der Waals surface area contributed by atoms with Gasteiger partial charge in [-0.1, -0.05) is 6.07 Å². The highest BCUT2D eigenvalue weighted by Crippen LogP contribution is 2.26. The van der Waals surface area contributed by atoms with Crippen molar-refractivity contribution in [3.8, 4) is 0 Å². The second-order valence-electron chi connectivity index (χ2n) is 3.54. The molecule has 96 valence electrons. The van der Waals surface area contributed by atoms with E-state index >= 15 is 0 Å². The smallest absolute Gasteiger partial charge is 0.240 e. The van der Waals surface area contributed by atoms with E-state index in [-0.39, 0.29) is 10.6 Å². The minimum atomic E-state index is -3.81. The van der Waals surface area contributed by atoms with Crippen molar-refractivity contribution >= 4 is 32.7 Å². The third kappa shape index (κ3) is 2.78. The molecule has 0 aliphatic carbocycles. The van der Waals surface area contributed by atoms with Crippen LogP contribution in [0.25, 0.3) is 0 Å². The molecule has 18 heavy (non-hydrogen) atoms. The lowest BCUT2D eigenvalue weighted by Crippen LogP contribution is -2.15. The number of primary sulfonamides is 1. The molecule has 1 aromatic heterocycles. The second kappa shape index (κ2) is 4.92. The fourth-order valence-corrected chi connectivity index (χ4v) is 2.70. The molecule has 0 saturated heterocycles. The number of anilines is 2. The summed E-state index contributed by atoms with van der Waals surface area (Å²) in [4.78, 5) is 4.03. The zero-order valence-electron chi connectivity index (χ0n) is 9.33. The quantitative estimate of drug-likeness (QED) is 0.725. The molecule has 5 N–H and O–H groups in total. The molecule has 0 spiro atoms. The molecule has 2 rings (SSSR count). The van der Waals surface area contributed by atoms with Crippen LogP contribution < -0.4 is 16.2 Å². The number of nitrogens with two attached hydrogens (primary N) is 2. The monoisotopic (exact) mass is 284 g/mol. The van der Waals surface area contributed by atoms with E-state index in [2.05, 4.69) is 10.3 Å². The molecule has 0 radical (unpaired) electrons. The Bertz CT molecular complexity index is 638. The van der Waals surface area contributed by atoms with Gasteiger partial charge in [0.1, 0.15) is 9.90 Å². The molecule has 0 aliphatic heterocycles. The molecule has 0 aliphatic rings. The van der Waals surface area contributed by atoms with E-state index < -0.39 is 10.0 Å². The standard InChI is InChI=1S/C10H12N4O2S2/c11-10-7(14-6-9-13-4-5-17-9)2-1-3-8(10)18(12,15)16/h1-5,14H,6,11H2,(H2,12,15,16). The number of thiazole rings is 1. The third-order valence-electron chi connectivity index (χ3n) is 2.29. The summed E-state index contributed by atoms with van der Waals surface area (Å²) in [6.07, 6.45) is 1.70. The van der Waals surface area contributed by atoms with Crippen molar-refractivity contribution in [1.29, 1.82) is 0 Å². The first-order chi connectivity index (χ1) is 8.48. The Morgan fingerprint density at radius 3 is 2.78 bits per heavy atom. The fourth-order valence-electron chi connectivity index (χ4n) is 1.46. The normalized spacial score (nSPS) is 11.4. The van der Waals surface area contributed by atoms with Crippen molar-refractivity contribution in [2.75, 3.05) is 11.1 Å². The zero-order chi connectivity index (χ0) is 13.2. The minimum absolute atomic E-state index is 0.0772. The summed E-state index contributed by atoms with van der Waals surface area (Å²) in [6.45, 7) is 0.482. The van der Waals surface area contributed by atoms with Crippen LogP contribution in [0.1, 0.15) is 5.01 Å². The molecule has 0 fully saturated rings. The van der Waals surface area contributed by atoms with Crippen molar-refractivity contribution in [2.45, 2.75) is 11.4 Å². The number of hydrogen-bond acceptors (Lipinski definition) is 6. The van der Waals surface area contributed by atoms with Gasteiger partial charge in [0.25, 0.3) is 0 Å². The molecular weight excluding hydrogens is 272 g/mol. The molecule has 0 bridgehead atoms. The number of para-hydroxylation sites is 1. The average molecular weight is 284 g/mol. The summed E-state index contributed by atoms with van der Waals surface area (Å²) >= 11 is 1.50. The van der Waals surface area contributed by atoms with Crippen molar-refractivity contribution < 1.29 is 8.42 Å². The zero-order valence-corrected chi connectivity index (χ0v) is 11.0. The van der Waals surface area contributed by atoms with Crippen LogP contribution >= 0.6 is 11.3 Å². The van der Waals surface area contributed by atoms with Crippen LogP contribution in [0.5, 0.6) is 0 Å². The van der Waals surface area contributed by atoms with Gasteiger partial charge in [-0.2, -0.15) is 0 Å². The van der Waals surface area contributed by atoms with Gasteiger partial charge in [-0.15, -0.1) is 11.3 Å². The number of nitrogens with one attached hydrogen (secondary N) is 1. The first-order valence-electron chi connectivity index (χ1n) is 5.02. The van der Waals surface area contributed by atoms with E-state index in [1.807, 2.05) is 5.38 Å². The van der Waals surface area contributed by atoms with Crippen LogP contribution in [0, 0.1) is 0 Å². The van der Waals surface area contributed by atoms with Crippen LogP contribution in [0.3, 0.4) is 0 Å². The Kier molecular flexibility index (Phi) is 3.50. The van der Waals surface area contributed by atoms with E-state index in [9.17, 15) is 8.42 Å². The van der Waals surface area contributed by atoms with E-state index in [1.54, 1.807) is 18.3 Å². The number of hydrogen-bond donors (Lipinski definition) is 3. The number of sulfonamides is 1. The fraction of sp³-hybridized carbons (Fsp3) is 0.100. The molecule has 0 unspecified atom stereocenters. The van der Waals surface area contributed by atoms with Crippen LogP contribution in [-0.2, 0) is 16.6 Å². The number of nitrogen functional groups attached to an aromatic ring is 1. The Hall–Kier alpha value is -1.64. The lowest BCUT2D eigenvalue weighted by atomic mass is 10.2. The topological polar surface area (TPSA) is 111 Å². The maximum Gasteiger partial charge on any atom is 0.240 e. The predicted octanol–water partition coefficient (Wildman–Crippen LogP) is 0.985. The number of benzene rings is 1. The summed E-state index contributed by atoms with van der Waals surface area (Å²) in [5.74, 6) is 0. The van der Waals surface area contributed by atoms with Gasteiger partial charge in [0.05, 0.1) is 17.9 Å². The van der Waals surface area contributed by atoms with Gasteiger partial charge in [0.2, 0.25) is 10.0 Å². The third-order valence-corrected chi connectivity index (χ3v) is 4.03. The Morgan fingerprint density at radius 1 is 1.39 bits per heavy atom. The van der Waals surface area contributed by atoms with Gasteiger partial charge in [-0.3, -0.25) is 0 Å². The summed E-state index contributed by atoms with van der Waals surface area (Å²) in [5, 5.41) is 10.8. The van der Waals surface area contributed by atoms with Gasteiger partial charge in [0.15, 0.2) is 0 Å². The van der Waals surface area contributed by atoms with Crippen molar-refractivity contribution in [1.82, 2.24) is 4.98 Å². The van der Waals surface area contributed by atoms with Crippen molar-refractivity contribution in [3.63, 3.8) is 0 Å². The highest BCUT2D eigenvalue weighted by atomic mass is 32.2. The van der Waals surface area contributed by atoms with Gasteiger partial charge in [-0.05, 0) is 12.1 Å². The van der Waals surface area contributed by atoms with Crippen LogP contribution in [0.4, 0.5) is 11.4 Å². The highest BCUT2D eigenvalue weighted by molar-refractivity contribution is 7.89. The van der Waals surface area contributed by atoms with Crippen LogP contribution in [0.15, 0.2) is 34.7 Å². The first-order valence-corrected chi connectivity index (χ1v) is 7.44. The predicted molar refractivity (Wildman–Crippen MR) is 71.7 cm³/mol.